The van der Waals surface area contributed by atoms with Crippen LogP contribution < -0.4 is 0 Å². The van der Waals surface area contributed by atoms with Crippen molar-refractivity contribution in [2.75, 3.05) is 0 Å². The van der Waals surface area contributed by atoms with E-state index in [2.05, 4.69) is 4.98 Å². The van der Waals surface area contributed by atoms with Gasteiger partial charge in [0.15, 0.2) is 0 Å². The summed E-state index contributed by atoms with van der Waals surface area (Å²) in [5.74, 6) is 0.818. The predicted octanol–water partition coefficient (Wildman–Crippen LogP) is 7.30. The molecule has 0 aliphatic heterocycles. The molecule has 8 heteroatoms. The van der Waals surface area contributed by atoms with Gasteiger partial charge < -0.3 is 10.2 Å². The zero-order valence-corrected chi connectivity index (χ0v) is 22.5. The van der Waals surface area contributed by atoms with Crippen molar-refractivity contribution in [1.82, 2.24) is 18.8 Å². The molecule has 0 amide bonds. The number of nitrogens with zero attached hydrogens (tertiary/aromatic N) is 4. The van der Waals surface area contributed by atoms with Crippen molar-refractivity contribution < 1.29 is 10.2 Å². The summed E-state index contributed by atoms with van der Waals surface area (Å²) in [6.07, 6.45) is 14.7. The van der Waals surface area contributed by atoms with Crippen molar-refractivity contribution in [3.63, 3.8) is 0 Å². The van der Waals surface area contributed by atoms with Crippen LogP contribution in [0.4, 0.5) is 0 Å². The molecule has 0 spiro atoms. The number of rotatable bonds is 6. The number of aliphatic hydroxyl groups excluding tert-OH is 2. The highest BCUT2D eigenvalue weighted by Crippen LogP contribution is 2.44. The van der Waals surface area contributed by atoms with Gasteiger partial charge in [0, 0.05) is 5.92 Å². The summed E-state index contributed by atoms with van der Waals surface area (Å²) < 4.78 is 3.89. The van der Waals surface area contributed by atoms with Gasteiger partial charge in [0.1, 0.15) is 0 Å². The SMILES string of the molecule is O[C@H](c1c(Cl)ccc2cncn12)C1CCCC(c2ncn3c([C@@H](O)CC4CCCCC4)c(Cl)ccc23)C1. The molecule has 0 radical (unpaired) electrons. The lowest BCUT2D eigenvalue weighted by atomic mass is 9.76. The van der Waals surface area contributed by atoms with E-state index in [4.69, 9.17) is 28.2 Å². The average Bonchev–Trinajstić information content (AvgIpc) is 3.56. The molecule has 2 N–H and O–H groups in total. The van der Waals surface area contributed by atoms with E-state index in [1.165, 1.54) is 32.1 Å². The highest BCUT2D eigenvalue weighted by molar-refractivity contribution is 6.31. The Bertz CT molecular complexity index is 1390. The Morgan fingerprint density at radius 2 is 1.65 bits per heavy atom. The van der Waals surface area contributed by atoms with E-state index >= 15 is 0 Å². The summed E-state index contributed by atoms with van der Waals surface area (Å²) >= 11 is 13.2. The first-order chi connectivity index (χ1) is 18.0. The van der Waals surface area contributed by atoms with Crippen molar-refractivity contribution in [3.8, 4) is 0 Å². The van der Waals surface area contributed by atoms with Crippen molar-refractivity contribution in [3.05, 3.63) is 70.2 Å². The van der Waals surface area contributed by atoms with Gasteiger partial charge in [-0.1, -0.05) is 61.7 Å². The standard InChI is InChI=1S/C29H34Cl2N4O2/c30-22-11-12-24-26(33-17-35(24)27(22)25(36)13-18-5-2-1-3-6-18)19-7-4-8-20(14-19)29(37)28-23(31)10-9-21-15-32-16-34(21)28/h9-12,15-20,25,29,36-37H,1-8,13-14H2/t19?,20?,25-,29-/m0/s1. The van der Waals surface area contributed by atoms with E-state index in [1.807, 2.05) is 39.4 Å². The smallest absolute Gasteiger partial charge is 0.0999 e. The molecule has 2 aliphatic rings. The van der Waals surface area contributed by atoms with Crippen LogP contribution in [-0.4, -0.2) is 29.0 Å². The molecule has 196 valence electrons. The van der Waals surface area contributed by atoms with Crippen LogP contribution >= 0.6 is 23.2 Å². The van der Waals surface area contributed by atoms with E-state index < -0.39 is 12.2 Å². The lowest BCUT2D eigenvalue weighted by Gasteiger charge is -2.32. The molecule has 2 saturated carbocycles. The number of halogens is 2. The largest absolute Gasteiger partial charge is 0.387 e. The molecule has 2 aliphatic carbocycles. The zero-order valence-electron chi connectivity index (χ0n) is 20.9. The van der Waals surface area contributed by atoms with E-state index in [1.54, 1.807) is 12.5 Å². The number of hydrogen-bond donors (Lipinski definition) is 2. The summed E-state index contributed by atoms with van der Waals surface area (Å²) in [6.45, 7) is 0. The second-order valence-corrected chi connectivity index (χ2v) is 11.8. The molecule has 4 heterocycles. The molecule has 4 aromatic heterocycles. The van der Waals surface area contributed by atoms with E-state index in [9.17, 15) is 10.2 Å². The van der Waals surface area contributed by atoms with Gasteiger partial charge in [0.05, 0.1) is 69.2 Å². The van der Waals surface area contributed by atoms with Crippen molar-refractivity contribution >= 4 is 34.2 Å². The maximum absolute atomic E-state index is 11.5. The van der Waals surface area contributed by atoms with Crippen LogP contribution in [0.1, 0.15) is 99.4 Å². The van der Waals surface area contributed by atoms with Gasteiger partial charge in [-0.25, -0.2) is 9.97 Å². The Balaban J connectivity index is 1.27. The highest BCUT2D eigenvalue weighted by Gasteiger charge is 2.33. The summed E-state index contributed by atoms with van der Waals surface area (Å²) in [7, 11) is 0. The van der Waals surface area contributed by atoms with Crippen molar-refractivity contribution in [1.29, 1.82) is 0 Å². The topological polar surface area (TPSA) is 75.1 Å². The Kier molecular flexibility index (Phi) is 7.19. The summed E-state index contributed by atoms with van der Waals surface area (Å²) in [5.41, 5.74) is 4.39. The van der Waals surface area contributed by atoms with Gasteiger partial charge >= 0.3 is 0 Å². The van der Waals surface area contributed by atoms with E-state index in [0.717, 1.165) is 54.5 Å². The van der Waals surface area contributed by atoms with Crippen LogP contribution in [0.2, 0.25) is 10.0 Å². The Labute approximate surface area is 227 Å². The Morgan fingerprint density at radius 3 is 2.49 bits per heavy atom. The van der Waals surface area contributed by atoms with E-state index in [0.29, 0.717) is 21.7 Å². The van der Waals surface area contributed by atoms with E-state index in [-0.39, 0.29) is 11.8 Å². The van der Waals surface area contributed by atoms with Gasteiger partial charge in [-0.15, -0.1) is 0 Å². The van der Waals surface area contributed by atoms with Crippen LogP contribution in [0.5, 0.6) is 0 Å². The third-order valence-electron chi connectivity index (χ3n) is 8.72. The number of imidazole rings is 2. The van der Waals surface area contributed by atoms with Crippen LogP contribution in [0.3, 0.4) is 0 Å². The number of aliphatic hydroxyl groups is 2. The van der Waals surface area contributed by atoms with Crippen LogP contribution in [0, 0.1) is 11.8 Å². The van der Waals surface area contributed by atoms with Crippen molar-refractivity contribution in [2.24, 2.45) is 11.8 Å². The fourth-order valence-electron chi connectivity index (χ4n) is 6.82. The summed E-state index contributed by atoms with van der Waals surface area (Å²) in [4.78, 5) is 9.08. The van der Waals surface area contributed by atoms with Crippen molar-refractivity contribution in [2.45, 2.75) is 82.3 Å². The Morgan fingerprint density at radius 1 is 0.865 bits per heavy atom. The first-order valence-electron chi connectivity index (χ1n) is 13.6. The zero-order chi connectivity index (χ0) is 25.5. The molecular weight excluding hydrogens is 507 g/mol. The molecule has 6 rings (SSSR count). The minimum atomic E-state index is -0.690. The van der Waals surface area contributed by atoms with Gasteiger partial charge in [0.2, 0.25) is 0 Å². The lowest BCUT2D eigenvalue weighted by molar-refractivity contribution is 0.0743. The molecule has 0 bridgehead atoms. The third kappa shape index (κ3) is 4.78. The quantitative estimate of drug-likeness (QED) is 0.269. The fraction of sp³-hybridized carbons (Fsp3) is 0.517. The summed E-state index contributed by atoms with van der Waals surface area (Å²) in [6, 6.07) is 7.67. The molecule has 4 aromatic rings. The molecule has 4 atom stereocenters. The number of hydrogen-bond acceptors (Lipinski definition) is 4. The second-order valence-electron chi connectivity index (χ2n) is 11.0. The highest BCUT2D eigenvalue weighted by atomic mass is 35.5. The normalized spacial score (nSPS) is 23.0. The molecule has 2 unspecified atom stereocenters. The van der Waals surface area contributed by atoms with Crippen LogP contribution in [0.25, 0.3) is 11.0 Å². The monoisotopic (exact) mass is 540 g/mol. The molecule has 37 heavy (non-hydrogen) atoms. The maximum Gasteiger partial charge on any atom is 0.0999 e. The minimum Gasteiger partial charge on any atom is -0.387 e. The number of fused-ring (bicyclic) bond motifs is 2. The maximum atomic E-state index is 11.5. The van der Waals surface area contributed by atoms with Crippen LogP contribution in [-0.2, 0) is 0 Å². The molecular formula is C29H34Cl2N4O2. The third-order valence-corrected chi connectivity index (χ3v) is 9.36. The summed E-state index contributed by atoms with van der Waals surface area (Å²) in [5, 5.41) is 23.8. The lowest BCUT2D eigenvalue weighted by Crippen LogP contribution is -2.22. The van der Waals surface area contributed by atoms with Gasteiger partial charge in [-0.2, -0.15) is 0 Å². The average molecular weight is 542 g/mol. The second kappa shape index (κ2) is 10.6. The Hall–Kier alpha value is -2.12. The number of aromatic nitrogens is 4. The first kappa shape index (κ1) is 25.2. The first-order valence-corrected chi connectivity index (χ1v) is 14.4. The fourth-order valence-corrected chi connectivity index (χ4v) is 7.37. The van der Waals surface area contributed by atoms with Gasteiger partial charge in [-0.05, 0) is 61.8 Å². The number of pyridine rings is 2. The molecule has 2 fully saturated rings. The molecule has 0 aromatic carbocycles. The van der Waals surface area contributed by atoms with Crippen LogP contribution in [0.15, 0.2) is 43.1 Å². The van der Waals surface area contributed by atoms with Gasteiger partial charge in [0.25, 0.3) is 0 Å². The van der Waals surface area contributed by atoms with Gasteiger partial charge in [-0.3, -0.25) is 8.80 Å². The molecule has 6 nitrogen and oxygen atoms in total. The predicted molar refractivity (Wildman–Crippen MR) is 146 cm³/mol. The minimum absolute atomic E-state index is 0.0599. The molecule has 0 saturated heterocycles.